The molecule has 0 saturated heterocycles. The van der Waals surface area contributed by atoms with Crippen LogP contribution in [0.4, 0.5) is 0 Å². The van der Waals surface area contributed by atoms with Gasteiger partial charge in [-0.1, -0.05) is 6.08 Å². The van der Waals surface area contributed by atoms with E-state index in [9.17, 15) is 9.90 Å². The normalized spacial score (nSPS) is 13.3. The number of benzene rings is 1. The van der Waals surface area contributed by atoms with E-state index in [0.717, 1.165) is 5.56 Å². The van der Waals surface area contributed by atoms with Gasteiger partial charge in [-0.25, -0.2) is 4.79 Å². The van der Waals surface area contributed by atoms with Crippen LogP contribution in [-0.2, 0) is 11.2 Å². The lowest BCUT2D eigenvalue weighted by Gasteiger charge is -2.20. The summed E-state index contributed by atoms with van der Waals surface area (Å²) in [5.41, 5.74) is -1.10. The molecule has 5 nitrogen and oxygen atoms in total. The molecule has 0 radical (unpaired) electrons. The van der Waals surface area contributed by atoms with E-state index in [1.165, 1.54) is 6.92 Å². The lowest BCUT2D eigenvalue weighted by molar-refractivity contribution is -0.159. The second-order valence-corrected chi connectivity index (χ2v) is 4.56. The molecule has 1 rings (SSSR count). The molecule has 20 heavy (non-hydrogen) atoms. The van der Waals surface area contributed by atoms with Gasteiger partial charge in [0.1, 0.15) is 18.1 Å². The Morgan fingerprint density at radius 3 is 2.70 bits per heavy atom. The summed E-state index contributed by atoms with van der Waals surface area (Å²) in [7, 11) is 0. The highest BCUT2D eigenvalue weighted by Gasteiger charge is 2.31. The first-order valence-electron chi connectivity index (χ1n) is 6.36. The zero-order valence-corrected chi connectivity index (χ0v) is 11.8. The van der Waals surface area contributed by atoms with E-state index >= 15 is 0 Å². The molecular formula is C15H20O5. The van der Waals surface area contributed by atoms with Crippen LogP contribution in [0, 0.1) is 0 Å². The van der Waals surface area contributed by atoms with E-state index in [0.29, 0.717) is 24.5 Å². The molecule has 0 amide bonds. The van der Waals surface area contributed by atoms with E-state index in [1.807, 2.05) is 13.0 Å². The molecule has 1 aromatic carbocycles. The van der Waals surface area contributed by atoms with Crippen LogP contribution in [0.3, 0.4) is 0 Å². The predicted octanol–water partition coefficient (Wildman–Crippen LogP) is 2.03. The van der Waals surface area contributed by atoms with Gasteiger partial charge in [0.05, 0.1) is 6.61 Å². The summed E-state index contributed by atoms with van der Waals surface area (Å²) < 4.78 is 10.8. The first-order valence-corrected chi connectivity index (χ1v) is 6.36. The minimum atomic E-state index is -1.93. The number of carboxylic acid groups (broad SMARTS) is 1. The average Bonchev–Trinajstić information content (AvgIpc) is 2.38. The molecule has 1 aromatic rings. The molecule has 0 heterocycles. The number of hydrogen-bond acceptors (Lipinski definition) is 4. The van der Waals surface area contributed by atoms with Gasteiger partial charge in [-0.2, -0.15) is 0 Å². The van der Waals surface area contributed by atoms with Gasteiger partial charge in [0, 0.05) is 5.56 Å². The number of allylic oxidation sites excluding steroid dienone is 1. The highest BCUT2D eigenvalue weighted by atomic mass is 16.5. The van der Waals surface area contributed by atoms with Gasteiger partial charge < -0.3 is 19.7 Å². The second kappa shape index (κ2) is 6.96. The topological polar surface area (TPSA) is 76.0 Å². The van der Waals surface area contributed by atoms with Crippen molar-refractivity contribution >= 4 is 5.97 Å². The maximum atomic E-state index is 10.8. The molecule has 0 spiro atoms. The van der Waals surface area contributed by atoms with E-state index in [-0.39, 0.29) is 6.61 Å². The third-order valence-electron chi connectivity index (χ3n) is 2.68. The van der Waals surface area contributed by atoms with E-state index in [4.69, 9.17) is 14.6 Å². The van der Waals surface area contributed by atoms with Gasteiger partial charge in [0.25, 0.3) is 0 Å². The van der Waals surface area contributed by atoms with Gasteiger partial charge >= 0.3 is 5.97 Å². The van der Waals surface area contributed by atoms with Crippen LogP contribution in [0.2, 0.25) is 0 Å². The van der Waals surface area contributed by atoms with Crippen LogP contribution in [0.1, 0.15) is 19.4 Å². The standard InChI is InChI=1S/C15H20O5/c1-4-6-11-9-12(19-5-2)7-8-13(11)20-10-15(3,18)14(16)17/h4,7-9,18H,1,5-6,10H2,2-3H3,(H,16,17). The van der Waals surface area contributed by atoms with Gasteiger partial charge in [0.15, 0.2) is 5.60 Å². The number of aliphatic hydroxyl groups is 1. The Balaban J connectivity index is 2.88. The predicted molar refractivity (Wildman–Crippen MR) is 75.3 cm³/mol. The highest BCUT2D eigenvalue weighted by molar-refractivity contribution is 5.76. The molecule has 0 bridgehead atoms. The number of rotatable bonds is 8. The zero-order chi connectivity index (χ0) is 15.2. The van der Waals surface area contributed by atoms with Crippen LogP contribution in [0.5, 0.6) is 11.5 Å². The van der Waals surface area contributed by atoms with Gasteiger partial charge in [-0.15, -0.1) is 6.58 Å². The van der Waals surface area contributed by atoms with Crippen molar-refractivity contribution in [3.63, 3.8) is 0 Å². The van der Waals surface area contributed by atoms with Crippen molar-refractivity contribution < 1.29 is 24.5 Å². The Kier molecular flexibility index (Phi) is 5.58. The molecule has 0 aliphatic carbocycles. The summed E-state index contributed by atoms with van der Waals surface area (Å²) in [6.45, 7) is 6.98. The molecular weight excluding hydrogens is 260 g/mol. The van der Waals surface area contributed by atoms with Crippen molar-refractivity contribution in [1.29, 1.82) is 0 Å². The summed E-state index contributed by atoms with van der Waals surface area (Å²) in [5.74, 6) is -0.106. The number of aliphatic carboxylic acids is 1. The van der Waals surface area contributed by atoms with Crippen molar-refractivity contribution in [2.24, 2.45) is 0 Å². The van der Waals surface area contributed by atoms with E-state index in [1.54, 1.807) is 18.2 Å². The zero-order valence-electron chi connectivity index (χ0n) is 11.8. The van der Waals surface area contributed by atoms with E-state index < -0.39 is 11.6 Å². The summed E-state index contributed by atoms with van der Waals surface area (Å²) >= 11 is 0. The second-order valence-electron chi connectivity index (χ2n) is 4.56. The molecule has 0 saturated carbocycles. The minimum absolute atomic E-state index is 0.333. The Hall–Kier alpha value is -2.01. The Bertz CT molecular complexity index is 479. The van der Waals surface area contributed by atoms with Crippen LogP contribution >= 0.6 is 0 Å². The van der Waals surface area contributed by atoms with Crippen molar-refractivity contribution in [1.82, 2.24) is 0 Å². The van der Waals surface area contributed by atoms with Crippen molar-refractivity contribution in [2.45, 2.75) is 25.9 Å². The minimum Gasteiger partial charge on any atom is -0.494 e. The Labute approximate surface area is 118 Å². The monoisotopic (exact) mass is 280 g/mol. The third-order valence-corrected chi connectivity index (χ3v) is 2.68. The first kappa shape index (κ1) is 16.0. The van der Waals surface area contributed by atoms with Gasteiger partial charge in [-0.3, -0.25) is 0 Å². The molecule has 0 fully saturated rings. The summed E-state index contributed by atoms with van der Waals surface area (Å²) in [6, 6.07) is 5.25. The van der Waals surface area contributed by atoms with Crippen LogP contribution < -0.4 is 9.47 Å². The summed E-state index contributed by atoms with van der Waals surface area (Å²) in [5, 5.41) is 18.5. The maximum Gasteiger partial charge on any atom is 0.339 e. The Morgan fingerprint density at radius 2 is 2.15 bits per heavy atom. The number of carboxylic acids is 1. The SMILES string of the molecule is C=CCc1cc(OCC)ccc1OCC(C)(O)C(=O)O. The van der Waals surface area contributed by atoms with Crippen molar-refractivity contribution in [3.05, 3.63) is 36.4 Å². The fourth-order valence-corrected chi connectivity index (χ4v) is 1.55. The number of carbonyl (C=O) groups is 1. The quantitative estimate of drug-likeness (QED) is 0.713. The molecule has 1 unspecified atom stereocenters. The summed E-state index contributed by atoms with van der Waals surface area (Å²) in [4.78, 5) is 10.8. The van der Waals surface area contributed by atoms with Crippen molar-refractivity contribution in [2.75, 3.05) is 13.2 Å². The van der Waals surface area contributed by atoms with Crippen LogP contribution in [-0.4, -0.2) is 35.0 Å². The molecule has 0 aliphatic rings. The van der Waals surface area contributed by atoms with Crippen LogP contribution in [0.25, 0.3) is 0 Å². The lowest BCUT2D eigenvalue weighted by atomic mass is 10.1. The average molecular weight is 280 g/mol. The van der Waals surface area contributed by atoms with Gasteiger partial charge in [0.2, 0.25) is 0 Å². The molecule has 110 valence electrons. The molecule has 2 N–H and O–H groups in total. The molecule has 0 aromatic heterocycles. The smallest absolute Gasteiger partial charge is 0.339 e. The molecule has 5 heteroatoms. The van der Waals surface area contributed by atoms with Crippen LogP contribution in [0.15, 0.2) is 30.9 Å². The maximum absolute atomic E-state index is 10.8. The largest absolute Gasteiger partial charge is 0.494 e. The highest BCUT2D eigenvalue weighted by Crippen LogP contribution is 2.26. The molecule has 1 atom stereocenters. The van der Waals surface area contributed by atoms with Gasteiger partial charge in [-0.05, 0) is 38.5 Å². The fraction of sp³-hybridized carbons (Fsp3) is 0.400. The summed E-state index contributed by atoms with van der Waals surface area (Å²) in [6.07, 6.45) is 2.28. The fourth-order valence-electron chi connectivity index (χ4n) is 1.55. The Morgan fingerprint density at radius 1 is 1.45 bits per heavy atom. The third kappa shape index (κ3) is 4.28. The first-order chi connectivity index (χ1) is 9.40. The van der Waals surface area contributed by atoms with Crippen molar-refractivity contribution in [3.8, 4) is 11.5 Å². The number of ether oxygens (including phenoxy) is 2. The van der Waals surface area contributed by atoms with E-state index in [2.05, 4.69) is 6.58 Å². The lowest BCUT2D eigenvalue weighted by Crippen LogP contribution is -2.41. The number of hydrogen-bond donors (Lipinski definition) is 2. The molecule has 0 aliphatic heterocycles.